The summed E-state index contributed by atoms with van der Waals surface area (Å²) in [6, 6.07) is 7.48. The third kappa shape index (κ3) is 4.50. The van der Waals surface area contributed by atoms with Gasteiger partial charge in [-0.1, -0.05) is 19.1 Å². The highest BCUT2D eigenvalue weighted by molar-refractivity contribution is 8.01. The fourth-order valence-corrected chi connectivity index (χ4v) is 4.82. The van der Waals surface area contributed by atoms with E-state index < -0.39 is 10.2 Å². The topological polar surface area (TPSA) is 70.1 Å². The van der Waals surface area contributed by atoms with Crippen LogP contribution in [0.25, 0.3) is 0 Å². The molecule has 8 heteroatoms. The van der Waals surface area contributed by atoms with Crippen LogP contribution in [0.4, 0.5) is 0 Å². The van der Waals surface area contributed by atoms with Crippen molar-refractivity contribution < 1.29 is 19.4 Å². The van der Waals surface area contributed by atoms with E-state index in [2.05, 4.69) is 0 Å². The average Bonchev–Trinajstić information content (AvgIpc) is 2.71. The molecular formula is C20H28N2O4S2. The van der Waals surface area contributed by atoms with Crippen LogP contribution in [-0.4, -0.2) is 70.2 Å². The summed E-state index contributed by atoms with van der Waals surface area (Å²) < 4.78 is 5.54. The molecule has 1 aromatic rings. The molecule has 3 atom stereocenters. The molecule has 0 bridgehead atoms. The SMILES string of the molecule is CS[C@@H]1C(=O)N(C)[C@](Cc2ccc(O/C=C/[C@H](C)CO)cc2)(SC)C(=O)N1C. The van der Waals surface area contributed by atoms with Crippen LogP contribution in [-0.2, 0) is 16.0 Å². The number of hydrogen-bond acceptors (Lipinski definition) is 6. The van der Waals surface area contributed by atoms with E-state index in [0.717, 1.165) is 5.56 Å². The summed E-state index contributed by atoms with van der Waals surface area (Å²) in [5, 5.41) is 8.53. The van der Waals surface area contributed by atoms with Crippen LogP contribution in [0.5, 0.6) is 5.75 Å². The predicted molar refractivity (Wildman–Crippen MR) is 115 cm³/mol. The van der Waals surface area contributed by atoms with Crippen LogP contribution in [0.2, 0.25) is 0 Å². The number of likely N-dealkylation sites (N-methyl/N-ethyl adjacent to an activating group) is 2. The Morgan fingerprint density at radius 1 is 1.25 bits per heavy atom. The Bertz CT molecular complexity index is 725. The van der Waals surface area contributed by atoms with Crippen LogP contribution in [0.15, 0.2) is 36.6 Å². The number of thioether (sulfide) groups is 2. The highest BCUT2D eigenvalue weighted by atomic mass is 32.2. The van der Waals surface area contributed by atoms with Crippen molar-refractivity contribution in [3.63, 3.8) is 0 Å². The highest BCUT2D eigenvalue weighted by Gasteiger charge is 2.53. The predicted octanol–water partition coefficient (Wildman–Crippen LogP) is 2.43. The first-order valence-electron chi connectivity index (χ1n) is 8.96. The van der Waals surface area contributed by atoms with Crippen molar-refractivity contribution in [2.75, 3.05) is 33.2 Å². The minimum Gasteiger partial charge on any atom is -0.465 e. The van der Waals surface area contributed by atoms with Gasteiger partial charge < -0.3 is 19.6 Å². The molecule has 154 valence electrons. The van der Waals surface area contributed by atoms with Gasteiger partial charge in [-0.3, -0.25) is 9.59 Å². The third-order valence-electron chi connectivity index (χ3n) is 4.92. The van der Waals surface area contributed by atoms with Gasteiger partial charge in [-0.25, -0.2) is 0 Å². The second-order valence-electron chi connectivity index (χ2n) is 6.82. The molecule has 1 N–H and O–H groups in total. The Balaban J connectivity index is 2.18. The smallest absolute Gasteiger partial charge is 0.260 e. The second-order valence-corrected chi connectivity index (χ2v) is 8.82. The number of rotatable bonds is 8. The molecule has 0 saturated carbocycles. The van der Waals surface area contributed by atoms with Crippen LogP contribution < -0.4 is 4.74 Å². The maximum absolute atomic E-state index is 13.2. The average molecular weight is 425 g/mol. The molecule has 0 spiro atoms. The van der Waals surface area contributed by atoms with E-state index in [-0.39, 0.29) is 24.3 Å². The Morgan fingerprint density at radius 3 is 2.43 bits per heavy atom. The molecule has 1 saturated heterocycles. The van der Waals surface area contributed by atoms with Gasteiger partial charge in [0.15, 0.2) is 10.2 Å². The van der Waals surface area contributed by atoms with Crippen LogP contribution in [0, 0.1) is 5.92 Å². The van der Waals surface area contributed by atoms with Crippen molar-refractivity contribution in [3.05, 3.63) is 42.2 Å². The molecule has 1 aliphatic heterocycles. The van der Waals surface area contributed by atoms with E-state index in [4.69, 9.17) is 9.84 Å². The van der Waals surface area contributed by atoms with Crippen LogP contribution >= 0.6 is 23.5 Å². The molecule has 6 nitrogen and oxygen atoms in total. The lowest BCUT2D eigenvalue weighted by Crippen LogP contribution is -2.68. The largest absolute Gasteiger partial charge is 0.465 e. The fraction of sp³-hybridized carbons (Fsp3) is 0.500. The highest BCUT2D eigenvalue weighted by Crippen LogP contribution is 2.39. The van der Waals surface area contributed by atoms with E-state index in [1.807, 2.05) is 43.7 Å². The Morgan fingerprint density at radius 2 is 1.89 bits per heavy atom. The Kier molecular flexibility index (Phi) is 7.86. The molecule has 1 fully saturated rings. The minimum absolute atomic E-state index is 0.0354. The summed E-state index contributed by atoms with van der Waals surface area (Å²) in [5.74, 6) is 0.574. The summed E-state index contributed by atoms with van der Waals surface area (Å²) in [6.45, 7) is 1.96. The van der Waals surface area contributed by atoms with Crippen molar-refractivity contribution in [3.8, 4) is 5.75 Å². The number of nitrogens with zero attached hydrogens (tertiary/aromatic N) is 2. The fourth-order valence-electron chi connectivity index (χ4n) is 3.06. The van der Waals surface area contributed by atoms with Crippen molar-refractivity contribution in [1.82, 2.24) is 9.80 Å². The van der Waals surface area contributed by atoms with Crippen LogP contribution in [0.3, 0.4) is 0 Å². The first-order valence-corrected chi connectivity index (χ1v) is 11.5. The Labute approximate surface area is 175 Å². The number of aliphatic hydroxyl groups excluding tert-OH is 1. The van der Waals surface area contributed by atoms with Gasteiger partial charge in [-0.15, -0.1) is 23.5 Å². The first-order chi connectivity index (χ1) is 13.3. The molecule has 2 rings (SSSR count). The lowest BCUT2D eigenvalue weighted by atomic mass is 10.0. The normalized spacial score (nSPS) is 24.1. The molecule has 28 heavy (non-hydrogen) atoms. The van der Waals surface area contributed by atoms with Gasteiger partial charge in [0.2, 0.25) is 0 Å². The first kappa shape index (κ1) is 22.6. The number of piperazine rings is 1. The monoisotopic (exact) mass is 424 g/mol. The summed E-state index contributed by atoms with van der Waals surface area (Å²) in [6.07, 6.45) is 7.46. The van der Waals surface area contributed by atoms with Gasteiger partial charge in [-0.05, 0) is 36.3 Å². The summed E-state index contributed by atoms with van der Waals surface area (Å²) in [5.41, 5.74) is 0.943. The zero-order valence-electron chi connectivity index (χ0n) is 16.9. The van der Waals surface area contributed by atoms with E-state index in [1.54, 1.807) is 36.2 Å². The summed E-state index contributed by atoms with van der Waals surface area (Å²) in [4.78, 5) is 28.1. The number of ether oxygens (including phenoxy) is 1. The number of amides is 2. The lowest BCUT2D eigenvalue weighted by molar-refractivity contribution is -0.156. The lowest BCUT2D eigenvalue weighted by Gasteiger charge is -2.48. The van der Waals surface area contributed by atoms with E-state index in [9.17, 15) is 9.59 Å². The van der Waals surface area contributed by atoms with Gasteiger partial charge in [0.1, 0.15) is 5.75 Å². The number of benzene rings is 1. The molecule has 0 unspecified atom stereocenters. The number of aliphatic hydroxyl groups is 1. The maximum atomic E-state index is 13.2. The van der Waals surface area contributed by atoms with Gasteiger partial charge >= 0.3 is 0 Å². The molecular weight excluding hydrogens is 396 g/mol. The van der Waals surface area contributed by atoms with Gasteiger partial charge in [0.05, 0.1) is 6.26 Å². The van der Waals surface area contributed by atoms with Crippen molar-refractivity contribution in [1.29, 1.82) is 0 Å². The summed E-state index contributed by atoms with van der Waals surface area (Å²) in [7, 11) is 3.40. The molecule has 0 aromatic heterocycles. The van der Waals surface area contributed by atoms with Gasteiger partial charge in [0.25, 0.3) is 11.8 Å². The quantitative estimate of drug-likeness (QED) is 0.647. The van der Waals surface area contributed by atoms with Gasteiger partial charge in [-0.2, -0.15) is 0 Å². The van der Waals surface area contributed by atoms with Crippen molar-refractivity contribution >= 4 is 35.3 Å². The van der Waals surface area contributed by atoms with E-state index >= 15 is 0 Å². The summed E-state index contributed by atoms with van der Waals surface area (Å²) >= 11 is 2.75. The minimum atomic E-state index is -0.961. The standard InChI is InChI=1S/C20H28N2O4S2/c1-14(13-23)10-11-26-16-8-6-15(7-9-16)12-20(28-5)19(25)21(2)18(27-4)17(24)22(20)3/h6-11,14,18,23H,12-13H2,1-5H3/b11-10+/t14-,18+,20+/m0/s1. The van der Waals surface area contributed by atoms with E-state index in [0.29, 0.717) is 12.2 Å². The zero-order chi connectivity index (χ0) is 20.9. The second kappa shape index (κ2) is 9.71. The maximum Gasteiger partial charge on any atom is 0.260 e. The number of carbonyl (C=O) groups is 2. The molecule has 2 amide bonds. The number of carbonyl (C=O) groups excluding carboxylic acids is 2. The van der Waals surface area contributed by atoms with Gasteiger partial charge in [0, 0.05) is 33.0 Å². The van der Waals surface area contributed by atoms with E-state index in [1.165, 1.54) is 23.5 Å². The molecule has 1 aromatic carbocycles. The molecule has 1 aliphatic rings. The van der Waals surface area contributed by atoms with Crippen molar-refractivity contribution in [2.24, 2.45) is 5.92 Å². The third-order valence-corrected chi connectivity index (χ3v) is 7.15. The van der Waals surface area contributed by atoms with Crippen LogP contribution in [0.1, 0.15) is 12.5 Å². The molecule has 0 radical (unpaired) electrons. The number of hydrogen-bond donors (Lipinski definition) is 1. The molecule has 1 heterocycles. The molecule has 0 aliphatic carbocycles. The Hall–Kier alpha value is -1.64. The zero-order valence-corrected chi connectivity index (χ0v) is 18.5. The van der Waals surface area contributed by atoms with Crippen molar-refractivity contribution in [2.45, 2.75) is 23.6 Å².